The van der Waals surface area contributed by atoms with Crippen LogP contribution in [0.2, 0.25) is 0 Å². The van der Waals surface area contributed by atoms with Gasteiger partial charge in [0, 0.05) is 12.2 Å². The molecule has 0 fully saturated rings. The number of nitrogens with zero attached hydrogens (tertiary/aromatic N) is 2. The van der Waals surface area contributed by atoms with Gasteiger partial charge in [0.1, 0.15) is 0 Å². The van der Waals surface area contributed by atoms with Gasteiger partial charge in [0.25, 0.3) is 5.56 Å². The van der Waals surface area contributed by atoms with Gasteiger partial charge < -0.3 is 5.73 Å². The fraction of sp³-hybridized carbons (Fsp3) is 0.167. The van der Waals surface area contributed by atoms with Gasteiger partial charge in [0.2, 0.25) is 0 Å². The topological polar surface area (TPSA) is 60.9 Å². The predicted molar refractivity (Wildman–Crippen MR) is 65.2 cm³/mol. The second-order valence-electron chi connectivity index (χ2n) is 3.55. The van der Waals surface area contributed by atoms with Crippen molar-refractivity contribution in [2.75, 3.05) is 5.73 Å². The highest BCUT2D eigenvalue weighted by Gasteiger charge is 2.02. The molecule has 0 bridgehead atoms. The molecule has 4 nitrogen and oxygen atoms in total. The number of nitrogens with two attached hydrogens (primary N) is 1. The van der Waals surface area contributed by atoms with Gasteiger partial charge in [-0.15, -0.1) is 0 Å². The zero-order valence-electron chi connectivity index (χ0n) is 9.05. The molecule has 0 atom stereocenters. The fourth-order valence-corrected chi connectivity index (χ4v) is 1.53. The van der Waals surface area contributed by atoms with Crippen molar-refractivity contribution >= 4 is 16.6 Å². The molecule has 0 unspecified atom stereocenters. The number of hydrogen-bond donors (Lipinski definition) is 1. The maximum absolute atomic E-state index is 12.0. The van der Waals surface area contributed by atoms with Gasteiger partial charge in [0.15, 0.2) is 0 Å². The van der Waals surface area contributed by atoms with Crippen LogP contribution in [-0.4, -0.2) is 9.55 Å². The largest absolute Gasteiger partial charge is 0.399 e. The Hall–Kier alpha value is -2.10. The van der Waals surface area contributed by atoms with E-state index in [1.54, 1.807) is 29.1 Å². The first-order valence-electron chi connectivity index (χ1n) is 5.08. The van der Waals surface area contributed by atoms with Crippen molar-refractivity contribution in [3.05, 3.63) is 47.0 Å². The van der Waals surface area contributed by atoms with Crippen molar-refractivity contribution in [1.29, 1.82) is 0 Å². The first-order valence-corrected chi connectivity index (χ1v) is 5.08. The van der Waals surface area contributed by atoms with E-state index in [9.17, 15) is 4.79 Å². The lowest BCUT2D eigenvalue weighted by atomic mass is 10.2. The molecule has 82 valence electrons. The van der Waals surface area contributed by atoms with Crippen LogP contribution >= 0.6 is 0 Å². The summed E-state index contributed by atoms with van der Waals surface area (Å²) in [5, 5.41) is 0.562. The molecular formula is C12H13N3O. The van der Waals surface area contributed by atoms with E-state index in [1.807, 2.05) is 19.1 Å². The summed E-state index contributed by atoms with van der Waals surface area (Å²) in [6, 6.07) is 5.16. The third kappa shape index (κ3) is 1.82. The summed E-state index contributed by atoms with van der Waals surface area (Å²) in [7, 11) is 0. The number of aromatic nitrogens is 2. The molecule has 2 rings (SSSR count). The summed E-state index contributed by atoms with van der Waals surface area (Å²) in [4.78, 5) is 16.2. The van der Waals surface area contributed by atoms with Crippen LogP contribution < -0.4 is 11.3 Å². The summed E-state index contributed by atoms with van der Waals surface area (Å²) in [5.41, 5.74) is 6.85. The average Bonchev–Trinajstić information content (AvgIpc) is 2.29. The van der Waals surface area contributed by atoms with Gasteiger partial charge in [-0.25, -0.2) is 4.98 Å². The first-order chi connectivity index (χ1) is 7.72. The lowest BCUT2D eigenvalue weighted by molar-refractivity contribution is 0.766. The maximum atomic E-state index is 12.0. The van der Waals surface area contributed by atoms with E-state index in [1.165, 1.54) is 0 Å². The van der Waals surface area contributed by atoms with Gasteiger partial charge in [-0.2, -0.15) is 0 Å². The Labute approximate surface area is 93.0 Å². The van der Waals surface area contributed by atoms with Crippen LogP contribution in [0.25, 0.3) is 10.9 Å². The zero-order chi connectivity index (χ0) is 11.5. The molecule has 2 N–H and O–H groups in total. The molecule has 16 heavy (non-hydrogen) atoms. The summed E-state index contributed by atoms with van der Waals surface area (Å²) in [6.07, 6.45) is 5.36. The van der Waals surface area contributed by atoms with E-state index in [0.29, 0.717) is 23.1 Å². The Morgan fingerprint density at radius 1 is 1.50 bits per heavy atom. The monoisotopic (exact) mass is 215 g/mol. The third-order valence-electron chi connectivity index (χ3n) is 2.39. The maximum Gasteiger partial charge on any atom is 0.261 e. The Bertz CT molecular complexity index is 599. The van der Waals surface area contributed by atoms with Crippen molar-refractivity contribution in [3.63, 3.8) is 0 Å². The van der Waals surface area contributed by atoms with Gasteiger partial charge in [-0.1, -0.05) is 12.2 Å². The second kappa shape index (κ2) is 4.18. The molecule has 4 heteroatoms. The number of anilines is 1. The van der Waals surface area contributed by atoms with Gasteiger partial charge in [-0.3, -0.25) is 9.36 Å². The number of hydrogen-bond acceptors (Lipinski definition) is 3. The summed E-state index contributed by atoms with van der Waals surface area (Å²) in [6.45, 7) is 2.45. The molecule has 1 aromatic carbocycles. The molecule has 0 aliphatic rings. The highest BCUT2D eigenvalue weighted by molar-refractivity contribution is 5.80. The van der Waals surface area contributed by atoms with Crippen molar-refractivity contribution in [2.45, 2.75) is 13.5 Å². The van der Waals surface area contributed by atoms with E-state index < -0.39 is 0 Å². The number of nitrogen functional groups attached to an aromatic ring is 1. The van der Waals surface area contributed by atoms with Crippen molar-refractivity contribution in [1.82, 2.24) is 9.55 Å². The molecular weight excluding hydrogens is 202 g/mol. The van der Waals surface area contributed by atoms with Crippen LogP contribution in [0.5, 0.6) is 0 Å². The molecule has 0 spiro atoms. The van der Waals surface area contributed by atoms with Crippen molar-refractivity contribution in [2.24, 2.45) is 0 Å². The van der Waals surface area contributed by atoms with E-state index in [2.05, 4.69) is 4.98 Å². The highest BCUT2D eigenvalue weighted by Crippen LogP contribution is 2.10. The minimum Gasteiger partial charge on any atom is -0.399 e. The van der Waals surface area contributed by atoms with Gasteiger partial charge in [-0.05, 0) is 25.1 Å². The van der Waals surface area contributed by atoms with Crippen LogP contribution in [-0.2, 0) is 6.54 Å². The normalized spacial score (nSPS) is 11.3. The molecule has 1 aromatic heterocycles. The predicted octanol–water partition coefficient (Wildman–Crippen LogP) is 1.55. The number of allylic oxidation sites excluding steroid dienone is 2. The zero-order valence-corrected chi connectivity index (χ0v) is 9.05. The fourth-order valence-electron chi connectivity index (χ4n) is 1.53. The van der Waals surface area contributed by atoms with Crippen LogP contribution in [0.15, 0.2) is 41.5 Å². The van der Waals surface area contributed by atoms with Crippen LogP contribution in [0, 0.1) is 0 Å². The van der Waals surface area contributed by atoms with Gasteiger partial charge >= 0.3 is 0 Å². The Balaban J connectivity index is 2.63. The average molecular weight is 215 g/mol. The SMILES string of the molecule is C/C=C/Cn1cnc2ccc(N)cc2c1=O. The Morgan fingerprint density at radius 3 is 3.06 bits per heavy atom. The Kier molecular flexibility index (Phi) is 2.72. The molecule has 1 heterocycles. The molecule has 0 amide bonds. The van der Waals surface area contributed by atoms with E-state index in [0.717, 1.165) is 0 Å². The molecule has 0 aliphatic carbocycles. The van der Waals surface area contributed by atoms with Crippen LogP contribution in [0.3, 0.4) is 0 Å². The van der Waals surface area contributed by atoms with Crippen molar-refractivity contribution in [3.8, 4) is 0 Å². The third-order valence-corrected chi connectivity index (χ3v) is 2.39. The van der Waals surface area contributed by atoms with Gasteiger partial charge in [0.05, 0.1) is 17.2 Å². The van der Waals surface area contributed by atoms with E-state index in [4.69, 9.17) is 5.73 Å². The smallest absolute Gasteiger partial charge is 0.261 e. The Morgan fingerprint density at radius 2 is 2.31 bits per heavy atom. The number of rotatable bonds is 2. The number of benzene rings is 1. The molecule has 0 aliphatic heterocycles. The van der Waals surface area contributed by atoms with E-state index in [-0.39, 0.29) is 5.56 Å². The van der Waals surface area contributed by atoms with Crippen molar-refractivity contribution < 1.29 is 0 Å². The first kappa shape index (κ1) is 10.4. The second-order valence-corrected chi connectivity index (χ2v) is 3.55. The van der Waals surface area contributed by atoms with E-state index >= 15 is 0 Å². The summed E-state index contributed by atoms with van der Waals surface area (Å²) in [5.74, 6) is 0. The standard InChI is InChI=1S/C12H13N3O/c1-2-3-6-15-8-14-11-5-4-9(13)7-10(11)12(15)16/h2-5,7-8H,6,13H2,1H3/b3-2+. The minimum atomic E-state index is -0.0598. The van der Waals surface area contributed by atoms with Crippen LogP contribution in [0.4, 0.5) is 5.69 Å². The summed E-state index contributed by atoms with van der Waals surface area (Å²) >= 11 is 0. The lowest BCUT2D eigenvalue weighted by Crippen LogP contribution is -2.19. The highest BCUT2D eigenvalue weighted by atomic mass is 16.1. The molecule has 2 aromatic rings. The molecule has 0 saturated carbocycles. The lowest BCUT2D eigenvalue weighted by Gasteiger charge is -2.03. The molecule has 0 radical (unpaired) electrons. The number of fused-ring (bicyclic) bond motifs is 1. The summed E-state index contributed by atoms with van der Waals surface area (Å²) < 4.78 is 1.56. The van der Waals surface area contributed by atoms with Crippen LogP contribution in [0.1, 0.15) is 6.92 Å². The molecule has 0 saturated heterocycles. The quantitative estimate of drug-likeness (QED) is 0.610. The minimum absolute atomic E-state index is 0.0598.